The van der Waals surface area contributed by atoms with Crippen molar-refractivity contribution < 1.29 is 9.53 Å². The Kier molecular flexibility index (Phi) is 6.68. The second-order valence-electron chi connectivity index (χ2n) is 7.05. The molecule has 3 aromatic rings. The highest BCUT2D eigenvalue weighted by Gasteiger charge is 2.34. The fraction of sp³-hybridized carbons (Fsp3) is 0.0800. The molecule has 1 saturated heterocycles. The van der Waals surface area contributed by atoms with Crippen LogP contribution < -0.4 is 15.0 Å². The fourth-order valence-corrected chi connectivity index (χ4v) is 4.33. The summed E-state index contributed by atoms with van der Waals surface area (Å²) in [5.41, 5.74) is 3.64. The van der Waals surface area contributed by atoms with E-state index in [4.69, 9.17) is 17.0 Å². The minimum atomic E-state index is -0.145. The van der Waals surface area contributed by atoms with Gasteiger partial charge in [-0.05, 0) is 78.9 Å². The smallest absolute Gasteiger partial charge is 0.271 e. The molecule has 0 bridgehead atoms. The van der Waals surface area contributed by atoms with E-state index in [9.17, 15) is 4.79 Å². The number of amidine groups is 1. The van der Waals surface area contributed by atoms with E-state index in [0.29, 0.717) is 10.1 Å². The van der Waals surface area contributed by atoms with Crippen molar-refractivity contribution in [3.8, 4) is 5.75 Å². The summed E-state index contributed by atoms with van der Waals surface area (Å²) in [5, 5.41) is 3.91. The molecule has 1 amide bonds. The predicted octanol–water partition coefficient (Wildman–Crippen LogP) is 5.88. The van der Waals surface area contributed by atoms with Crippen molar-refractivity contribution in [3.05, 3.63) is 94.9 Å². The lowest BCUT2D eigenvalue weighted by atomic mass is 10.2. The van der Waals surface area contributed by atoms with E-state index in [-0.39, 0.29) is 11.0 Å². The molecule has 1 N–H and O–H groups in total. The van der Waals surface area contributed by atoms with Crippen LogP contribution in [0.15, 0.2) is 88.8 Å². The van der Waals surface area contributed by atoms with Crippen LogP contribution in [0.3, 0.4) is 0 Å². The van der Waals surface area contributed by atoms with E-state index < -0.39 is 0 Å². The summed E-state index contributed by atoms with van der Waals surface area (Å²) in [7, 11) is 1.62. The van der Waals surface area contributed by atoms with Crippen LogP contribution >= 0.6 is 24.0 Å². The Morgan fingerprint density at radius 2 is 1.72 bits per heavy atom. The number of ether oxygens (including phenoxy) is 1. The van der Waals surface area contributed by atoms with E-state index in [1.807, 2.05) is 91.9 Å². The highest BCUT2D eigenvalue weighted by atomic mass is 32.2. The van der Waals surface area contributed by atoms with Crippen LogP contribution in [0.5, 0.6) is 5.75 Å². The largest absolute Gasteiger partial charge is 0.497 e. The van der Waals surface area contributed by atoms with E-state index in [2.05, 4.69) is 10.3 Å². The molecule has 1 fully saturated rings. The maximum atomic E-state index is 13.3. The van der Waals surface area contributed by atoms with Gasteiger partial charge in [-0.25, -0.2) is 0 Å². The van der Waals surface area contributed by atoms with Crippen molar-refractivity contribution in [2.45, 2.75) is 6.92 Å². The third-order valence-electron chi connectivity index (χ3n) is 4.73. The highest BCUT2D eigenvalue weighted by molar-refractivity contribution is 8.19. The van der Waals surface area contributed by atoms with Crippen molar-refractivity contribution >= 4 is 57.6 Å². The molecule has 1 aliphatic heterocycles. The van der Waals surface area contributed by atoms with Crippen molar-refractivity contribution in [2.24, 2.45) is 4.99 Å². The van der Waals surface area contributed by atoms with Crippen LogP contribution in [0.1, 0.15) is 11.1 Å². The van der Waals surface area contributed by atoms with Crippen molar-refractivity contribution in [2.75, 3.05) is 17.3 Å². The van der Waals surface area contributed by atoms with E-state index in [0.717, 1.165) is 28.3 Å². The summed E-state index contributed by atoms with van der Waals surface area (Å²) >= 11 is 6.76. The maximum Gasteiger partial charge on any atom is 0.271 e. The second kappa shape index (κ2) is 9.80. The van der Waals surface area contributed by atoms with Gasteiger partial charge in [-0.15, -0.1) is 0 Å². The van der Waals surface area contributed by atoms with Gasteiger partial charge in [0.05, 0.1) is 17.7 Å². The number of aliphatic imine (C=N–C) groups is 1. The number of hydrogen-bond acceptors (Lipinski definition) is 4. The lowest BCUT2D eigenvalue weighted by Gasteiger charge is -2.15. The first-order valence-corrected chi connectivity index (χ1v) is 11.2. The summed E-state index contributed by atoms with van der Waals surface area (Å²) in [4.78, 5) is 20.0. The Hall–Kier alpha value is -3.42. The van der Waals surface area contributed by atoms with Crippen LogP contribution in [0.25, 0.3) is 6.08 Å². The molecule has 1 heterocycles. The monoisotopic (exact) mass is 459 g/mol. The number of methoxy groups -OCH3 is 1. The normalized spacial score (nSPS) is 15.9. The Bertz CT molecular complexity index is 1190. The highest BCUT2D eigenvalue weighted by Crippen LogP contribution is 2.36. The molecule has 32 heavy (non-hydrogen) atoms. The van der Waals surface area contributed by atoms with Gasteiger partial charge in [-0.3, -0.25) is 9.69 Å². The third kappa shape index (κ3) is 5.07. The molecule has 160 valence electrons. The van der Waals surface area contributed by atoms with Crippen molar-refractivity contribution in [1.82, 2.24) is 0 Å². The Morgan fingerprint density at radius 3 is 2.38 bits per heavy atom. The van der Waals surface area contributed by atoms with Crippen molar-refractivity contribution in [1.29, 1.82) is 0 Å². The predicted molar refractivity (Wildman–Crippen MR) is 137 cm³/mol. The lowest BCUT2D eigenvalue weighted by molar-refractivity contribution is -0.113. The molecule has 3 aromatic carbocycles. The minimum Gasteiger partial charge on any atom is -0.497 e. The van der Waals surface area contributed by atoms with Gasteiger partial charge in [0.2, 0.25) is 0 Å². The molecule has 5 nitrogen and oxygen atoms in total. The lowest BCUT2D eigenvalue weighted by Crippen LogP contribution is -2.29. The molecule has 0 spiro atoms. The van der Waals surface area contributed by atoms with Gasteiger partial charge < -0.3 is 10.1 Å². The number of amides is 1. The zero-order valence-corrected chi connectivity index (χ0v) is 19.2. The first-order valence-electron chi connectivity index (χ1n) is 9.93. The van der Waals surface area contributed by atoms with Gasteiger partial charge in [0.25, 0.3) is 5.91 Å². The Morgan fingerprint density at radius 1 is 1.03 bits per heavy atom. The first-order chi connectivity index (χ1) is 15.5. The number of rotatable bonds is 4. The number of nitrogens with zero attached hydrogens (tertiary/aromatic N) is 2. The van der Waals surface area contributed by atoms with Crippen LogP contribution in [0.2, 0.25) is 0 Å². The van der Waals surface area contributed by atoms with Gasteiger partial charge in [-0.2, -0.15) is 4.99 Å². The number of aryl methyl sites for hydroxylation is 1. The van der Waals surface area contributed by atoms with E-state index in [1.165, 1.54) is 11.8 Å². The zero-order chi connectivity index (χ0) is 22.5. The average molecular weight is 460 g/mol. The summed E-state index contributed by atoms with van der Waals surface area (Å²) in [6, 6.07) is 24.9. The molecule has 0 atom stereocenters. The number of hydrogen-bond donors (Lipinski definition) is 1. The molecular weight excluding hydrogens is 438 g/mol. The summed E-state index contributed by atoms with van der Waals surface area (Å²) < 4.78 is 5.21. The molecule has 0 aliphatic carbocycles. The van der Waals surface area contributed by atoms with Gasteiger partial charge >= 0.3 is 0 Å². The summed E-state index contributed by atoms with van der Waals surface area (Å²) in [5.74, 6) is 0.618. The topological polar surface area (TPSA) is 53.9 Å². The van der Waals surface area contributed by atoms with Gasteiger partial charge in [0, 0.05) is 5.69 Å². The second-order valence-corrected chi connectivity index (χ2v) is 8.45. The standard InChI is InChI=1S/C25H21N3O2S2/c1-17-8-12-19(13-9-17)26-24(31)27-25-28(20-6-4-3-5-7-20)23(29)22(32-25)16-18-10-14-21(30-2)15-11-18/h3-16H,1-2H3,(H,26,31)/b22-16+,27-25?. The molecule has 0 unspecified atom stereocenters. The number of thioether (sulfide) groups is 1. The van der Waals surface area contributed by atoms with Gasteiger partial charge in [0.1, 0.15) is 5.75 Å². The number of nitrogens with one attached hydrogen (secondary N) is 1. The first kappa shape index (κ1) is 21.8. The summed E-state index contributed by atoms with van der Waals surface area (Å²) in [6.45, 7) is 2.03. The minimum absolute atomic E-state index is 0.145. The van der Waals surface area contributed by atoms with Crippen LogP contribution in [-0.2, 0) is 4.79 Å². The maximum absolute atomic E-state index is 13.3. The molecule has 1 aliphatic rings. The number of para-hydroxylation sites is 1. The fourth-order valence-electron chi connectivity index (χ4n) is 3.08. The molecule has 4 rings (SSSR count). The molecular formula is C25H21N3O2S2. The molecule has 0 aromatic heterocycles. The number of benzene rings is 3. The van der Waals surface area contributed by atoms with Crippen LogP contribution in [0.4, 0.5) is 11.4 Å². The van der Waals surface area contributed by atoms with Crippen LogP contribution in [-0.4, -0.2) is 23.3 Å². The number of carbonyl (C=O) groups excluding carboxylic acids is 1. The number of carbonyl (C=O) groups is 1. The summed E-state index contributed by atoms with van der Waals surface area (Å²) in [6.07, 6.45) is 1.85. The molecule has 0 saturated carbocycles. The van der Waals surface area contributed by atoms with Crippen LogP contribution in [0, 0.1) is 6.92 Å². The van der Waals surface area contributed by atoms with E-state index in [1.54, 1.807) is 12.0 Å². The number of thiocarbonyl (C=S) groups is 1. The van der Waals surface area contributed by atoms with Crippen molar-refractivity contribution in [3.63, 3.8) is 0 Å². The van der Waals surface area contributed by atoms with Gasteiger partial charge in [0.15, 0.2) is 10.3 Å². The molecule has 7 heteroatoms. The third-order valence-corrected chi connectivity index (χ3v) is 5.90. The quantitative estimate of drug-likeness (QED) is 0.390. The average Bonchev–Trinajstić information content (AvgIpc) is 3.10. The number of anilines is 2. The Labute approximate surface area is 196 Å². The molecule has 0 radical (unpaired) electrons. The van der Waals surface area contributed by atoms with Gasteiger partial charge in [-0.1, -0.05) is 48.0 Å². The zero-order valence-electron chi connectivity index (χ0n) is 17.6. The SMILES string of the molecule is COc1ccc(/C=C2/SC(=NC(=S)Nc3ccc(C)cc3)N(c3ccccc3)C2=O)cc1. The van der Waals surface area contributed by atoms with E-state index >= 15 is 0 Å². The Balaban J connectivity index is 1.64.